The Morgan fingerprint density at radius 3 is 2.88 bits per heavy atom. The number of hydrogen-bond acceptors (Lipinski definition) is 5. The van der Waals surface area contributed by atoms with E-state index in [0.717, 1.165) is 49.1 Å². The number of rotatable bonds is 5. The average molecular weight is 433 g/mol. The Hall–Kier alpha value is -3.45. The Morgan fingerprint density at radius 2 is 2.09 bits per heavy atom. The number of aryl methyl sites for hydroxylation is 1. The maximum atomic E-state index is 13.5. The lowest BCUT2D eigenvalue weighted by molar-refractivity contribution is -0.117. The first-order chi connectivity index (χ1) is 15.6. The molecule has 2 aliphatic heterocycles. The molecule has 5 rings (SSSR count). The van der Waals surface area contributed by atoms with Gasteiger partial charge in [-0.05, 0) is 79.8 Å². The molecule has 3 heterocycles. The number of nitrogens with zero attached hydrogens (tertiary/aromatic N) is 1. The minimum atomic E-state index is -0.256. The molecule has 164 valence electrons. The lowest BCUT2D eigenvalue weighted by atomic mass is 9.97. The summed E-state index contributed by atoms with van der Waals surface area (Å²) in [5.41, 5.74) is 2.53. The molecule has 3 aromatic rings. The second kappa shape index (κ2) is 8.96. The molecule has 0 radical (unpaired) electrons. The predicted molar refractivity (Wildman–Crippen MR) is 118 cm³/mol. The SMILES string of the molecule is O=C(Nc1ccc(Oc2ccc3c(c2)CC[C@@H](c2cccc(F)c2)O3)nc1)C1CCCN1. The molecule has 1 saturated heterocycles. The van der Waals surface area contributed by atoms with Gasteiger partial charge in [0.15, 0.2) is 0 Å². The lowest BCUT2D eigenvalue weighted by Crippen LogP contribution is -2.35. The van der Waals surface area contributed by atoms with Crippen LogP contribution in [0.1, 0.15) is 36.5 Å². The zero-order valence-electron chi connectivity index (χ0n) is 17.5. The molecule has 0 aliphatic carbocycles. The Balaban J connectivity index is 1.22. The summed E-state index contributed by atoms with van der Waals surface area (Å²) in [4.78, 5) is 16.5. The van der Waals surface area contributed by atoms with Gasteiger partial charge in [-0.2, -0.15) is 0 Å². The average Bonchev–Trinajstić information content (AvgIpc) is 3.35. The van der Waals surface area contributed by atoms with Gasteiger partial charge >= 0.3 is 0 Å². The molecule has 32 heavy (non-hydrogen) atoms. The van der Waals surface area contributed by atoms with Gasteiger partial charge in [-0.25, -0.2) is 9.37 Å². The van der Waals surface area contributed by atoms with Crippen molar-refractivity contribution in [1.29, 1.82) is 0 Å². The lowest BCUT2D eigenvalue weighted by Gasteiger charge is -2.26. The molecule has 2 atom stereocenters. The van der Waals surface area contributed by atoms with Crippen LogP contribution in [0.25, 0.3) is 0 Å². The summed E-state index contributed by atoms with van der Waals surface area (Å²) in [5.74, 6) is 1.59. The van der Waals surface area contributed by atoms with Gasteiger partial charge in [0.2, 0.25) is 11.8 Å². The van der Waals surface area contributed by atoms with Gasteiger partial charge in [0.05, 0.1) is 17.9 Å². The van der Waals surface area contributed by atoms with Crippen molar-refractivity contribution in [3.05, 3.63) is 77.7 Å². The molecule has 0 spiro atoms. The first kappa shape index (κ1) is 20.5. The highest BCUT2D eigenvalue weighted by Crippen LogP contribution is 2.37. The molecule has 1 fully saturated rings. The molecule has 6 nitrogen and oxygen atoms in total. The van der Waals surface area contributed by atoms with E-state index in [1.54, 1.807) is 24.4 Å². The summed E-state index contributed by atoms with van der Waals surface area (Å²) in [6, 6.07) is 15.6. The van der Waals surface area contributed by atoms with Crippen LogP contribution >= 0.6 is 0 Å². The van der Waals surface area contributed by atoms with Gasteiger partial charge in [-0.3, -0.25) is 4.79 Å². The van der Waals surface area contributed by atoms with Crippen LogP contribution in [0.2, 0.25) is 0 Å². The minimum absolute atomic E-state index is 0.0378. The summed E-state index contributed by atoms with van der Waals surface area (Å²) < 4.78 is 25.5. The number of benzene rings is 2. The molecule has 1 aromatic heterocycles. The molecule has 2 aromatic carbocycles. The van der Waals surface area contributed by atoms with Crippen LogP contribution in [0.3, 0.4) is 0 Å². The van der Waals surface area contributed by atoms with Crippen molar-refractivity contribution in [3.63, 3.8) is 0 Å². The largest absolute Gasteiger partial charge is 0.485 e. The van der Waals surface area contributed by atoms with E-state index in [9.17, 15) is 9.18 Å². The van der Waals surface area contributed by atoms with Gasteiger partial charge in [0.25, 0.3) is 0 Å². The van der Waals surface area contributed by atoms with E-state index in [2.05, 4.69) is 15.6 Å². The van der Waals surface area contributed by atoms with Crippen LogP contribution in [0.4, 0.5) is 10.1 Å². The maximum Gasteiger partial charge on any atom is 0.241 e. The zero-order valence-corrected chi connectivity index (χ0v) is 17.5. The number of carbonyl (C=O) groups is 1. The Labute approximate surface area is 185 Å². The predicted octanol–water partition coefficient (Wildman–Crippen LogP) is 4.77. The number of halogens is 1. The summed E-state index contributed by atoms with van der Waals surface area (Å²) >= 11 is 0. The molecular weight excluding hydrogens is 409 g/mol. The van der Waals surface area contributed by atoms with Crippen molar-refractivity contribution in [2.45, 2.75) is 37.8 Å². The van der Waals surface area contributed by atoms with E-state index in [4.69, 9.17) is 9.47 Å². The van der Waals surface area contributed by atoms with E-state index >= 15 is 0 Å². The number of carbonyl (C=O) groups excluding carboxylic acids is 1. The Morgan fingerprint density at radius 1 is 1.16 bits per heavy atom. The van der Waals surface area contributed by atoms with E-state index in [-0.39, 0.29) is 23.9 Å². The molecule has 1 amide bonds. The van der Waals surface area contributed by atoms with Crippen molar-refractivity contribution in [2.75, 3.05) is 11.9 Å². The van der Waals surface area contributed by atoms with Crippen molar-refractivity contribution >= 4 is 11.6 Å². The highest BCUT2D eigenvalue weighted by Gasteiger charge is 2.23. The van der Waals surface area contributed by atoms with Gasteiger partial charge in [0, 0.05) is 6.07 Å². The number of nitrogens with one attached hydrogen (secondary N) is 2. The van der Waals surface area contributed by atoms with E-state index in [1.165, 1.54) is 12.1 Å². The second-order valence-corrected chi connectivity index (χ2v) is 8.10. The summed E-state index contributed by atoms with van der Waals surface area (Å²) in [7, 11) is 0. The summed E-state index contributed by atoms with van der Waals surface area (Å²) in [6.07, 6.45) is 4.87. The number of pyridine rings is 1. The molecule has 7 heteroatoms. The third kappa shape index (κ3) is 4.57. The van der Waals surface area contributed by atoms with Gasteiger partial charge in [-0.15, -0.1) is 0 Å². The minimum Gasteiger partial charge on any atom is -0.485 e. The van der Waals surface area contributed by atoms with Crippen LogP contribution in [-0.4, -0.2) is 23.5 Å². The Bertz CT molecular complexity index is 1110. The second-order valence-electron chi connectivity index (χ2n) is 8.10. The number of ether oxygens (including phenoxy) is 2. The van der Waals surface area contributed by atoms with E-state index < -0.39 is 0 Å². The number of anilines is 1. The Kier molecular flexibility index (Phi) is 5.73. The molecular formula is C25H24FN3O3. The smallest absolute Gasteiger partial charge is 0.241 e. The van der Waals surface area contributed by atoms with Gasteiger partial charge in [-0.1, -0.05) is 12.1 Å². The van der Waals surface area contributed by atoms with Crippen LogP contribution in [-0.2, 0) is 11.2 Å². The van der Waals surface area contributed by atoms with E-state index in [1.807, 2.05) is 24.3 Å². The van der Waals surface area contributed by atoms with E-state index in [0.29, 0.717) is 17.3 Å². The van der Waals surface area contributed by atoms with Crippen molar-refractivity contribution in [1.82, 2.24) is 10.3 Å². The molecule has 2 N–H and O–H groups in total. The quantitative estimate of drug-likeness (QED) is 0.607. The third-order valence-corrected chi connectivity index (χ3v) is 5.80. The number of amides is 1. The fourth-order valence-corrected chi connectivity index (χ4v) is 4.14. The zero-order chi connectivity index (χ0) is 21.9. The fourth-order valence-electron chi connectivity index (χ4n) is 4.14. The highest BCUT2D eigenvalue weighted by molar-refractivity contribution is 5.94. The monoisotopic (exact) mass is 433 g/mol. The van der Waals surface area contributed by atoms with Crippen LogP contribution in [0.15, 0.2) is 60.8 Å². The molecule has 0 saturated carbocycles. The first-order valence-electron chi connectivity index (χ1n) is 10.9. The van der Waals surface area contributed by atoms with Crippen LogP contribution in [0.5, 0.6) is 17.4 Å². The number of aromatic nitrogens is 1. The number of hydrogen-bond donors (Lipinski definition) is 2. The standard InChI is InChI=1S/C25H24FN3O3/c26-18-4-1-3-16(13-18)22-9-6-17-14-20(8-10-23(17)32-22)31-24-11-7-19(15-28-24)29-25(30)21-5-2-12-27-21/h1,3-4,7-8,10-11,13-15,21-22,27H,2,5-6,9,12H2,(H,29,30)/t21?,22-/m0/s1. The van der Waals surface area contributed by atoms with Crippen LogP contribution in [0, 0.1) is 5.82 Å². The van der Waals surface area contributed by atoms with Crippen LogP contribution < -0.4 is 20.1 Å². The topological polar surface area (TPSA) is 72.5 Å². The summed E-state index contributed by atoms with van der Waals surface area (Å²) in [6.45, 7) is 0.875. The molecule has 1 unspecified atom stereocenters. The third-order valence-electron chi connectivity index (χ3n) is 5.80. The van der Waals surface area contributed by atoms with Crippen molar-refractivity contribution < 1.29 is 18.7 Å². The molecule has 2 aliphatic rings. The number of fused-ring (bicyclic) bond motifs is 1. The van der Waals surface area contributed by atoms with Crippen molar-refractivity contribution in [3.8, 4) is 17.4 Å². The normalized spacial score (nSPS) is 19.7. The summed E-state index contributed by atoms with van der Waals surface area (Å²) in [5, 5.41) is 6.05. The van der Waals surface area contributed by atoms with Gasteiger partial charge in [0.1, 0.15) is 23.4 Å². The first-order valence-corrected chi connectivity index (χ1v) is 10.9. The van der Waals surface area contributed by atoms with Crippen molar-refractivity contribution in [2.24, 2.45) is 0 Å². The molecule has 0 bridgehead atoms. The fraction of sp³-hybridized carbons (Fsp3) is 0.280. The maximum absolute atomic E-state index is 13.5. The van der Waals surface area contributed by atoms with Gasteiger partial charge < -0.3 is 20.1 Å². The highest BCUT2D eigenvalue weighted by atomic mass is 19.1.